The third kappa shape index (κ3) is 3.12. The number of thiazole rings is 1. The Hall–Kier alpha value is -2.32. The summed E-state index contributed by atoms with van der Waals surface area (Å²) in [4.78, 5) is 19.2. The SMILES string of the molecule is O=[N+]([O-])c1cnccc1Sc1nc(-c2ccc(F)cc2)cs1. The molecule has 0 saturated carbocycles. The fourth-order valence-corrected chi connectivity index (χ4v) is 3.60. The van der Waals surface area contributed by atoms with Crippen LogP contribution in [0.3, 0.4) is 0 Å². The first-order valence-electron chi connectivity index (χ1n) is 6.11. The summed E-state index contributed by atoms with van der Waals surface area (Å²) in [6, 6.07) is 7.62. The van der Waals surface area contributed by atoms with Gasteiger partial charge < -0.3 is 0 Å². The van der Waals surface area contributed by atoms with Crippen LogP contribution >= 0.6 is 23.1 Å². The van der Waals surface area contributed by atoms with Gasteiger partial charge in [-0.3, -0.25) is 15.1 Å². The van der Waals surface area contributed by atoms with Crippen LogP contribution in [0, 0.1) is 15.9 Å². The quantitative estimate of drug-likeness (QED) is 0.523. The van der Waals surface area contributed by atoms with E-state index in [9.17, 15) is 14.5 Å². The van der Waals surface area contributed by atoms with Gasteiger partial charge in [0, 0.05) is 17.1 Å². The van der Waals surface area contributed by atoms with Crippen LogP contribution in [-0.4, -0.2) is 14.9 Å². The lowest BCUT2D eigenvalue weighted by atomic mass is 10.2. The molecule has 0 aliphatic rings. The van der Waals surface area contributed by atoms with Crippen LogP contribution < -0.4 is 0 Å². The molecule has 2 aromatic heterocycles. The third-order valence-corrected chi connectivity index (χ3v) is 4.78. The minimum absolute atomic E-state index is 0.0500. The van der Waals surface area contributed by atoms with E-state index in [1.54, 1.807) is 18.2 Å². The summed E-state index contributed by atoms with van der Waals surface area (Å²) < 4.78 is 13.6. The van der Waals surface area contributed by atoms with Crippen LogP contribution in [0.25, 0.3) is 11.3 Å². The Kier molecular flexibility index (Phi) is 4.12. The Morgan fingerprint density at radius 3 is 2.73 bits per heavy atom. The second-order valence-electron chi connectivity index (χ2n) is 4.21. The molecule has 0 bridgehead atoms. The van der Waals surface area contributed by atoms with E-state index in [-0.39, 0.29) is 11.5 Å². The minimum Gasteiger partial charge on any atom is -0.258 e. The Morgan fingerprint density at radius 1 is 1.23 bits per heavy atom. The summed E-state index contributed by atoms with van der Waals surface area (Å²) in [5.74, 6) is -0.305. The number of rotatable bonds is 4. The summed E-state index contributed by atoms with van der Waals surface area (Å²) in [7, 11) is 0. The van der Waals surface area contributed by atoms with E-state index >= 15 is 0 Å². The zero-order chi connectivity index (χ0) is 15.5. The highest BCUT2D eigenvalue weighted by Gasteiger charge is 2.16. The number of nitrogens with zero attached hydrogens (tertiary/aromatic N) is 3. The molecule has 0 unspecified atom stereocenters. The van der Waals surface area contributed by atoms with Crippen LogP contribution in [0.4, 0.5) is 10.1 Å². The molecule has 2 heterocycles. The van der Waals surface area contributed by atoms with Crippen molar-refractivity contribution in [1.82, 2.24) is 9.97 Å². The van der Waals surface area contributed by atoms with Crippen molar-refractivity contribution in [2.45, 2.75) is 9.24 Å². The first-order valence-corrected chi connectivity index (χ1v) is 7.81. The van der Waals surface area contributed by atoms with Crippen molar-refractivity contribution in [1.29, 1.82) is 0 Å². The van der Waals surface area contributed by atoms with Crippen molar-refractivity contribution >= 4 is 28.8 Å². The van der Waals surface area contributed by atoms with Crippen LogP contribution in [0.1, 0.15) is 0 Å². The van der Waals surface area contributed by atoms with Crippen LogP contribution in [0.2, 0.25) is 0 Å². The van der Waals surface area contributed by atoms with Gasteiger partial charge >= 0.3 is 5.69 Å². The van der Waals surface area contributed by atoms with Crippen molar-refractivity contribution < 1.29 is 9.31 Å². The molecule has 5 nitrogen and oxygen atoms in total. The fraction of sp³-hybridized carbons (Fsp3) is 0. The highest BCUT2D eigenvalue weighted by molar-refractivity contribution is 8.01. The zero-order valence-corrected chi connectivity index (χ0v) is 12.6. The van der Waals surface area contributed by atoms with Gasteiger partial charge in [0.1, 0.15) is 12.0 Å². The number of halogens is 1. The van der Waals surface area contributed by atoms with Crippen LogP contribution in [0.5, 0.6) is 0 Å². The first kappa shape index (κ1) is 14.6. The molecule has 110 valence electrons. The second kappa shape index (κ2) is 6.20. The first-order chi connectivity index (χ1) is 10.6. The van der Waals surface area contributed by atoms with Crippen molar-refractivity contribution in [3.63, 3.8) is 0 Å². The molecule has 0 radical (unpaired) electrons. The highest BCUT2D eigenvalue weighted by atomic mass is 32.2. The molecule has 0 amide bonds. The smallest absolute Gasteiger partial charge is 0.258 e. The lowest BCUT2D eigenvalue weighted by Crippen LogP contribution is -1.91. The number of nitro groups is 1. The minimum atomic E-state index is -0.468. The molecule has 3 rings (SSSR count). The molecule has 0 aliphatic carbocycles. The Balaban J connectivity index is 1.86. The maximum absolute atomic E-state index is 12.9. The summed E-state index contributed by atoms with van der Waals surface area (Å²) in [5.41, 5.74) is 1.46. The van der Waals surface area contributed by atoms with Crippen LogP contribution in [0.15, 0.2) is 57.3 Å². The molecule has 0 aliphatic heterocycles. The second-order valence-corrected chi connectivity index (χ2v) is 6.36. The third-order valence-electron chi connectivity index (χ3n) is 2.78. The van der Waals surface area contributed by atoms with Gasteiger partial charge in [-0.25, -0.2) is 9.37 Å². The van der Waals surface area contributed by atoms with Crippen molar-refractivity contribution in [3.05, 3.63) is 64.0 Å². The number of hydrogen-bond donors (Lipinski definition) is 0. The van der Waals surface area contributed by atoms with E-state index in [1.165, 1.54) is 47.6 Å². The normalized spacial score (nSPS) is 10.6. The number of hydrogen-bond acceptors (Lipinski definition) is 6. The summed E-state index contributed by atoms with van der Waals surface area (Å²) in [6.07, 6.45) is 2.72. The molecule has 8 heteroatoms. The monoisotopic (exact) mass is 333 g/mol. The summed E-state index contributed by atoms with van der Waals surface area (Å²) in [5, 5.41) is 12.8. The Bertz CT molecular complexity index is 821. The lowest BCUT2D eigenvalue weighted by Gasteiger charge is -1.99. The zero-order valence-electron chi connectivity index (χ0n) is 11.0. The number of pyridine rings is 1. The maximum Gasteiger partial charge on any atom is 0.301 e. The topological polar surface area (TPSA) is 68.9 Å². The molecule has 0 fully saturated rings. The van der Waals surface area contributed by atoms with Gasteiger partial charge in [-0.1, -0.05) is 11.8 Å². The van der Waals surface area contributed by atoms with E-state index in [1.807, 2.05) is 5.38 Å². The van der Waals surface area contributed by atoms with Gasteiger partial charge in [0.2, 0.25) is 0 Å². The highest BCUT2D eigenvalue weighted by Crippen LogP contribution is 2.37. The number of aromatic nitrogens is 2. The predicted octanol–water partition coefficient (Wildman–Crippen LogP) is 4.40. The van der Waals surface area contributed by atoms with Gasteiger partial charge in [-0.2, -0.15) is 0 Å². The van der Waals surface area contributed by atoms with Gasteiger partial charge in [0.25, 0.3) is 0 Å². The maximum atomic E-state index is 12.9. The average Bonchev–Trinajstić information content (AvgIpc) is 2.97. The molecule has 22 heavy (non-hydrogen) atoms. The molecular weight excluding hydrogens is 325 g/mol. The average molecular weight is 333 g/mol. The molecule has 1 aromatic carbocycles. The van der Waals surface area contributed by atoms with Crippen LogP contribution in [-0.2, 0) is 0 Å². The van der Waals surface area contributed by atoms with Gasteiger partial charge in [0.15, 0.2) is 4.34 Å². The van der Waals surface area contributed by atoms with E-state index < -0.39 is 4.92 Å². The predicted molar refractivity (Wildman–Crippen MR) is 82.5 cm³/mol. The molecule has 0 atom stereocenters. The lowest BCUT2D eigenvalue weighted by molar-refractivity contribution is -0.388. The van der Waals surface area contributed by atoms with Gasteiger partial charge in [0.05, 0.1) is 15.5 Å². The number of benzene rings is 1. The molecule has 0 saturated heterocycles. The molecule has 3 aromatic rings. The fourth-order valence-electron chi connectivity index (χ4n) is 1.75. The summed E-state index contributed by atoms with van der Waals surface area (Å²) in [6.45, 7) is 0. The van der Waals surface area contributed by atoms with Gasteiger partial charge in [-0.05, 0) is 30.3 Å². The van der Waals surface area contributed by atoms with E-state index in [0.717, 1.165) is 5.56 Å². The largest absolute Gasteiger partial charge is 0.301 e. The standard InChI is InChI=1S/C14H8FN3O2S2/c15-10-3-1-9(2-4-10)11-8-21-14(17-11)22-13-5-6-16-7-12(13)18(19)20/h1-8H. The van der Waals surface area contributed by atoms with Gasteiger partial charge in [-0.15, -0.1) is 11.3 Å². The Morgan fingerprint density at radius 2 is 2.00 bits per heavy atom. The van der Waals surface area contributed by atoms with Crippen molar-refractivity contribution in [3.8, 4) is 11.3 Å². The Labute approximate surface area is 133 Å². The molecular formula is C14H8FN3O2S2. The summed E-state index contributed by atoms with van der Waals surface area (Å²) >= 11 is 2.59. The van der Waals surface area contributed by atoms with Crippen molar-refractivity contribution in [2.75, 3.05) is 0 Å². The van der Waals surface area contributed by atoms with E-state index in [4.69, 9.17) is 0 Å². The van der Waals surface area contributed by atoms with E-state index in [2.05, 4.69) is 9.97 Å². The molecule has 0 spiro atoms. The van der Waals surface area contributed by atoms with E-state index in [0.29, 0.717) is 14.9 Å². The molecule has 0 N–H and O–H groups in total. The van der Waals surface area contributed by atoms with Crippen molar-refractivity contribution in [2.24, 2.45) is 0 Å².